The molecule has 0 heterocycles. The zero-order valence-electron chi connectivity index (χ0n) is 11.2. The smallest absolute Gasteiger partial charge is 0.0989 e. The van der Waals surface area contributed by atoms with Crippen molar-refractivity contribution >= 4 is 0 Å². The monoisotopic (exact) mass is 224 g/mol. The fraction of sp³-hybridized carbons (Fsp3) is 0.786. The SMILES string of the molecule is CC(C)=C=CC1C(C(OO)C(C)C)C1(C)C. The van der Waals surface area contributed by atoms with Crippen LogP contribution < -0.4 is 0 Å². The summed E-state index contributed by atoms with van der Waals surface area (Å²) < 4.78 is 0. The number of rotatable bonds is 4. The highest BCUT2D eigenvalue weighted by molar-refractivity contribution is 5.17. The van der Waals surface area contributed by atoms with Crippen LogP contribution in [0.15, 0.2) is 17.4 Å². The Morgan fingerprint density at radius 2 is 1.94 bits per heavy atom. The fourth-order valence-electron chi connectivity index (χ4n) is 2.52. The second-order valence-corrected chi connectivity index (χ2v) is 6.00. The van der Waals surface area contributed by atoms with Crippen LogP contribution in [-0.2, 0) is 4.89 Å². The molecule has 3 atom stereocenters. The van der Waals surface area contributed by atoms with Gasteiger partial charge in [0.25, 0.3) is 0 Å². The van der Waals surface area contributed by atoms with Crippen molar-refractivity contribution in [3.05, 3.63) is 17.4 Å². The summed E-state index contributed by atoms with van der Waals surface area (Å²) in [7, 11) is 0. The van der Waals surface area contributed by atoms with Crippen LogP contribution in [0.1, 0.15) is 41.5 Å². The molecule has 2 nitrogen and oxygen atoms in total. The van der Waals surface area contributed by atoms with E-state index in [4.69, 9.17) is 5.26 Å². The van der Waals surface area contributed by atoms with Crippen molar-refractivity contribution in [1.82, 2.24) is 0 Å². The first-order valence-electron chi connectivity index (χ1n) is 6.02. The normalized spacial score (nSPS) is 28.5. The Hall–Kier alpha value is -0.560. The minimum Gasteiger partial charge on any atom is -0.252 e. The molecule has 92 valence electrons. The maximum absolute atomic E-state index is 8.99. The molecule has 0 radical (unpaired) electrons. The average molecular weight is 224 g/mol. The Kier molecular flexibility index (Phi) is 4.01. The second-order valence-electron chi connectivity index (χ2n) is 6.00. The molecule has 0 aromatic heterocycles. The molecule has 1 fully saturated rings. The van der Waals surface area contributed by atoms with E-state index < -0.39 is 0 Å². The Morgan fingerprint density at radius 1 is 1.38 bits per heavy atom. The summed E-state index contributed by atoms with van der Waals surface area (Å²) in [5, 5.41) is 8.99. The largest absolute Gasteiger partial charge is 0.252 e. The van der Waals surface area contributed by atoms with Gasteiger partial charge in [-0.15, -0.1) is 5.73 Å². The summed E-state index contributed by atoms with van der Waals surface area (Å²) in [6, 6.07) is 0. The molecule has 1 rings (SSSR count). The van der Waals surface area contributed by atoms with E-state index in [9.17, 15) is 0 Å². The molecule has 1 aliphatic carbocycles. The highest BCUT2D eigenvalue weighted by Crippen LogP contribution is 2.62. The van der Waals surface area contributed by atoms with Crippen LogP contribution in [0.25, 0.3) is 0 Å². The minimum atomic E-state index is -0.0739. The number of allylic oxidation sites excluding steroid dienone is 1. The van der Waals surface area contributed by atoms with Gasteiger partial charge in [-0.3, -0.25) is 5.26 Å². The van der Waals surface area contributed by atoms with E-state index in [1.807, 2.05) is 13.8 Å². The Bertz CT molecular complexity index is 305. The fourth-order valence-corrected chi connectivity index (χ4v) is 2.52. The highest BCUT2D eigenvalue weighted by Gasteiger charge is 2.60. The van der Waals surface area contributed by atoms with Gasteiger partial charge in [0.15, 0.2) is 0 Å². The first-order valence-corrected chi connectivity index (χ1v) is 6.02. The van der Waals surface area contributed by atoms with Crippen LogP contribution >= 0.6 is 0 Å². The maximum Gasteiger partial charge on any atom is 0.0989 e. The summed E-state index contributed by atoms with van der Waals surface area (Å²) in [6.45, 7) is 12.7. The minimum absolute atomic E-state index is 0.0739. The van der Waals surface area contributed by atoms with Crippen LogP contribution in [0.3, 0.4) is 0 Å². The Balaban J connectivity index is 2.81. The van der Waals surface area contributed by atoms with Gasteiger partial charge >= 0.3 is 0 Å². The van der Waals surface area contributed by atoms with E-state index in [0.717, 1.165) is 0 Å². The lowest BCUT2D eigenvalue weighted by atomic mass is 9.97. The third-order valence-electron chi connectivity index (χ3n) is 3.68. The van der Waals surface area contributed by atoms with Gasteiger partial charge in [0, 0.05) is 5.92 Å². The molecule has 16 heavy (non-hydrogen) atoms. The van der Waals surface area contributed by atoms with Crippen LogP contribution in [0, 0.1) is 23.2 Å². The van der Waals surface area contributed by atoms with Crippen molar-refractivity contribution in [1.29, 1.82) is 0 Å². The van der Waals surface area contributed by atoms with Gasteiger partial charge in [0.05, 0.1) is 6.10 Å². The first kappa shape index (κ1) is 13.5. The van der Waals surface area contributed by atoms with Crippen molar-refractivity contribution in [2.75, 3.05) is 0 Å². The average Bonchev–Trinajstić information content (AvgIpc) is 2.66. The maximum atomic E-state index is 8.99. The number of hydrogen-bond donors (Lipinski definition) is 1. The summed E-state index contributed by atoms with van der Waals surface area (Å²) in [4.78, 5) is 4.65. The van der Waals surface area contributed by atoms with Gasteiger partial charge in [-0.1, -0.05) is 27.7 Å². The molecule has 3 unspecified atom stereocenters. The second kappa shape index (κ2) is 4.75. The molecule has 0 aliphatic heterocycles. The molecule has 1 saturated carbocycles. The summed E-state index contributed by atoms with van der Waals surface area (Å²) >= 11 is 0. The quantitative estimate of drug-likeness (QED) is 0.446. The first-order chi connectivity index (χ1) is 7.32. The van der Waals surface area contributed by atoms with Crippen molar-refractivity contribution in [2.45, 2.75) is 47.6 Å². The van der Waals surface area contributed by atoms with Crippen molar-refractivity contribution in [2.24, 2.45) is 23.2 Å². The highest BCUT2D eigenvalue weighted by atomic mass is 17.1. The third-order valence-corrected chi connectivity index (χ3v) is 3.68. The van der Waals surface area contributed by atoms with Gasteiger partial charge in [-0.25, -0.2) is 4.89 Å². The van der Waals surface area contributed by atoms with Gasteiger partial charge in [0.2, 0.25) is 0 Å². The van der Waals surface area contributed by atoms with Crippen LogP contribution in [-0.4, -0.2) is 11.4 Å². The molecule has 0 spiro atoms. The van der Waals surface area contributed by atoms with Gasteiger partial charge in [0.1, 0.15) is 0 Å². The third kappa shape index (κ3) is 2.57. The molecule has 0 amide bonds. The van der Waals surface area contributed by atoms with E-state index in [1.54, 1.807) is 0 Å². The molecule has 0 aromatic carbocycles. The summed E-state index contributed by atoms with van der Waals surface area (Å²) in [6.07, 6.45) is 2.06. The zero-order valence-corrected chi connectivity index (χ0v) is 11.2. The van der Waals surface area contributed by atoms with Crippen LogP contribution in [0.2, 0.25) is 0 Å². The molecule has 1 aliphatic rings. The van der Waals surface area contributed by atoms with Crippen molar-refractivity contribution < 1.29 is 10.1 Å². The molecular formula is C14H24O2. The van der Waals surface area contributed by atoms with E-state index in [-0.39, 0.29) is 11.5 Å². The standard InChI is InChI=1S/C14H24O2/c1-9(2)7-8-11-12(14(11,5)6)13(16-15)10(3)4/h8,10-13,15H,1-6H3. The molecule has 0 bridgehead atoms. The summed E-state index contributed by atoms with van der Waals surface area (Å²) in [5.74, 6) is 1.19. The van der Waals surface area contributed by atoms with E-state index in [2.05, 4.69) is 44.4 Å². The van der Waals surface area contributed by atoms with Crippen LogP contribution in [0.5, 0.6) is 0 Å². The molecule has 0 aromatic rings. The van der Waals surface area contributed by atoms with Crippen LogP contribution in [0.4, 0.5) is 0 Å². The van der Waals surface area contributed by atoms with Gasteiger partial charge in [-0.05, 0) is 42.7 Å². The lowest BCUT2D eigenvalue weighted by Gasteiger charge is -2.18. The van der Waals surface area contributed by atoms with Gasteiger partial charge < -0.3 is 0 Å². The molecule has 2 heteroatoms. The lowest BCUT2D eigenvalue weighted by molar-refractivity contribution is -0.295. The van der Waals surface area contributed by atoms with E-state index in [0.29, 0.717) is 17.8 Å². The molecule has 0 saturated heterocycles. The number of hydrogen-bond acceptors (Lipinski definition) is 2. The lowest BCUT2D eigenvalue weighted by Crippen LogP contribution is -2.23. The molecule has 1 N–H and O–H groups in total. The predicted octanol–water partition coefficient (Wildman–Crippen LogP) is 3.89. The topological polar surface area (TPSA) is 29.5 Å². The zero-order chi connectivity index (χ0) is 12.5. The summed E-state index contributed by atoms with van der Waals surface area (Å²) in [5.41, 5.74) is 4.66. The molecular weight excluding hydrogens is 200 g/mol. The van der Waals surface area contributed by atoms with E-state index >= 15 is 0 Å². The Labute approximate surface area is 98.9 Å². The van der Waals surface area contributed by atoms with Gasteiger partial charge in [-0.2, -0.15) is 0 Å². The van der Waals surface area contributed by atoms with E-state index in [1.165, 1.54) is 5.57 Å². The predicted molar refractivity (Wildman–Crippen MR) is 66.0 cm³/mol. The Morgan fingerprint density at radius 3 is 2.31 bits per heavy atom. The van der Waals surface area contributed by atoms with Crippen molar-refractivity contribution in [3.63, 3.8) is 0 Å². The van der Waals surface area contributed by atoms with Crippen molar-refractivity contribution in [3.8, 4) is 0 Å².